The van der Waals surface area contributed by atoms with Gasteiger partial charge in [0.25, 0.3) is 0 Å². The Hall–Kier alpha value is -1.77. The van der Waals surface area contributed by atoms with E-state index >= 15 is 0 Å². The maximum absolute atomic E-state index is 11.5. The molecule has 0 spiro atoms. The molecule has 0 unspecified atom stereocenters. The normalized spacial score (nSPS) is 23.2. The van der Waals surface area contributed by atoms with Gasteiger partial charge in [0.15, 0.2) is 0 Å². The van der Waals surface area contributed by atoms with Crippen molar-refractivity contribution in [2.24, 2.45) is 0 Å². The fourth-order valence-electron chi connectivity index (χ4n) is 3.28. The molecule has 3 heteroatoms. The zero-order valence-corrected chi connectivity index (χ0v) is 11.7. The SMILES string of the molecule is Cc1cc(=O)[nH]c2ccc(N3[C@@H](C)CC[C@@H]3C)cc12. The van der Waals surface area contributed by atoms with Gasteiger partial charge in [-0.05, 0) is 57.4 Å². The minimum atomic E-state index is -0.0272. The Morgan fingerprint density at radius 3 is 2.53 bits per heavy atom. The van der Waals surface area contributed by atoms with Crippen LogP contribution in [-0.2, 0) is 0 Å². The molecule has 19 heavy (non-hydrogen) atoms. The molecule has 1 fully saturated rings. The second-order valence-corrected chi connectivity index (χ2v) is 5.73. The van der Waals surface area contributed by atoms with Crippen molar-refractivity contribution in [2.45, 2.75) is 45.7 Å². The first-order valence-corrected chi connectivity index (χ1v) is 6.98. The van der Waals surface area contributed by atoms with E-state index in [2.05, 4.69) is 35.9 Å². The van der Waals surface area contributed by atoms with Crippen molar-refractivity contribution in [3.63, 3.8) is 0 Å². The number of aromatic nitrogens is 1. The van der Waals surface area contributed by atoms with Gasteiger partial charge in [-0.3, -0.25) is 4.79 Å². The Labute approximate surface area is 113 Å². The Morgan fingerprint density at radius 2 is 1.84 bits per heavy atom. The van der Waals surface area contributed by atoms with Crippen LogP contribution >= 0.6 is 0 Å². The third kappa shape index (κ3) is 2.03. The highest BCUT2D eigenvalue weighted by atomic mass is 16.1. The van der Waals surface area contributed by atoms with Crippen molar-refractivity contribution < 1.29 is 0 Å². The average Bonchev–Trinajstić information content (AvgIpc) is 2.69. The number of nitrogens with one attached hydrogen (secondary N) is 1. The lowest BCUT2D eigenvalue weighted by molar-refractivity contribution is 0.694. The first-order chi connectivity index (χ1) is 9.06. The first kappa shape index (κ1) is 12.3. The largest absolute Gasteiger partial charge is 0.366 e. The van der Waals surface area contributed by atoms with E-state index in [1.807, 2.05) is 13.0 Å². The van der Waals surface area contributed by atoms with Gasteiger partial charge < -0.3 is 9.88 Å². The molecule has 1 aliphatic heterocycles. The quantitative estimate of drug-likeness (QED) is 0.850. The topological polar surface area (TPSA) is 36.1 Å². The minimum absolute atomic E-state index is 0.0272. The van der Waals surface area contributed by atoms with E-state index in [1.165, 1.54) is 18.5 Å². The third-order valence-electron chi connectivity index (χ3n) is 4.28. The van der Waals surface area contributed by atoms with Gasteiger partial charge in [0.2, 0.25) is 5.56 Å². The second-order valence-electron chi connectivity index (χ2n) is 5.73. The number of hydrogen-bond acceptors (Lipinski definition) is 2. The molecule has 2 atom stereocenters. The summed E-state index contributed by atoms with van der Waals surface area (Å²) in [6.45, 7) is 6.57. The predicted molar refractivity (Wildman–Crippen MR) is 79.9 cm³/mol. The van der Waals surface area contributed by atoms with Crippen LogP contribution in [0.25, 0.3) is 10.9 Å². The van der Waals surface area contributed by atoms with Crippen molar-refractivity contribution >= 4 is 16.6 Å². The summed E-state index contributed by atoms with van der Waals surface area (Å²) in [5.74, 6) is 0. The van der Waals surface area contributed by atoms with Gasteiger partial charge >= 0.3 is 0 Å². The van der Waals surface area contributed by atoms with Gasteiger partial charge in [-0.15, -0.1) is 0 Å². The molecule has 2 aromatic rings. The van der Waals surface area contributed by atoms with Crippen LogP contribution in [0.5, 0.6) is 0 Å². The molecule has 2 heterocycles. The Balaban J connectivity index is 2.14. The summed E-state index contributed by atoms with van der Waals surface area (Å²) in [5.41, 5.74) is 3.20. The number of anilines is 1. The van der Waals surface area contributed by atoms with Gasteiger partial charge in [-0.2, -0.15) is 0 Å². The van der Waals surface area contributed by atoms with Crippen LogP contribution in [0.15, 0.2) is 29.1 Å². The zero-order valence-electron chi connectivity index (χ0n) is 11.7. The highest BCUT2D eigenvalue weighted by molar-refractivity contribution is 5.85. The summed E-state index contributed by atoms with van der Waals surface area (Å²) in [4.78, 5) is 16.9. The monoisotopic (exact) mass is 256 g/mol. The van der Waals surface area contributed by atoms with Crippen LogP contribution in [0.1, 0.15) is 32.3 Å². The van der Waals surface area contributed by atoms with Gasteiger partial charge in [0.1, 0.15) is 0 Å². The van der Waals surface area contributed by atoms with E-state index in [4.69, 9.17) is 0 Å². The molecule has 3 nitrogen and oxygen atoms in total. The molecular formula is C16H20N2O. The van der Waals surface area contributed by atoms with Gasteiger partial charge in [-0.25, -0.2) is 0 Å². The Morgan fingerprint density at radius 1 is 1.16 bits per heavy atom. The van der Waals surface area contributed by atoms with Gasteiger partial charge in [-0.1, -0.05) is 0 Å². The van der Waals surface area contributed by atoms with Crippen LogP contribution in [0.3, 0.4) is 0 Å². The molecule has 100 valence electrons. The third-order valence-corrected chi connectivity index (χ3v) is 4.28. The second kappa shape index (κ2) is 4.41. The molecule has 0 bridgehead atoms. The summed E-state index contributed by atoms with van der Waals surface area (Å²) in [6, 6.07) is 9.21. The zero-order chi connectivity index (χ0) is 13.6. The van der Waals surface area contributed by atoms with E-state index in [0.717, 1.165) is 16.5 Å². The smallest absolute Gasteiger partial charge is 0.248 e. The molecule has 1 aromatic carbocycles. The van der Waals surface area contributed by atoms with E-state index in [0.29, 0.717) is 12.1 Å². The number of hydrogen-bond donors (Lipinski definition) is 1. The van der Waals surface area contributed by atoms with Crippen LogP contribution in [0, 0.1) is 6.92 Å². The maximum atomic E-state index is 11.5. The highest BCUT2D eigenvalue weighted by Crippen LogP contribution is 2.32. The van der Waals surface area contributed by atoms with Crippen molar-refractivity contribution in [3.05, 3.63) is 40.2 Å². The lowest BCUT2D eigenvalue weighted by Gasteiger charge is -2.29. The van der Waals surface area contributed by atoms with E-state index in [1.54, 1.807) is 6.07 Å². The summed E-state index contributed by atoms with van der Waals surface area (Å²) >= 11 is 0. The highest BCUT2D eigenvalue weighted by Gasteiger charge is 2.27. The summed E-state index contributed by atoms with van der Waals surface area (Å²) < 4.78 is 0. The fraction of sp³-hybridized carbons (Fsp3) is 0.438. The average molecular weight is 256 g/mol. The van der Waals surface area contributed by atoms with Gasteiger partial charge in [0.05, 0.1) is 0 Å². The number of aryl methyl sites for hydroxylation is 1. The lowest BCUT2D eigenvalue weighted by Crippen LogP contribution is -2.32. The van der Waals surface area contributed by atoms with E-state index in [-0.39, 0.29) is 5.56 Å². The Kier molecular flexibility index (Phi) is 2.85. The molecular weight excluding hydrogens is 236 g/mol. The maximum Gasteiger partial charge on any atom is 0.248 e. The number of fused-ring (bicyclic) bond motifs is 1. The van der Waals surface area contributed by atoms with Crippen LogP contribution in [0.2, 0.25) is 0 Å². The first-order valence-electron chi connectivity index (χ1n) is 6.98. The Bertz CT molecular complexity index is 664. The van der Waals surface area contributed by atoms with Crippen molar-refractivity contribution in [1.82, 2.24) is 4.98 Å². The van der Waals surface area contributed by atoms with Crippen LogP contribution in [0.4, 0.5) is 5.69 Å². The standard InChI is InChI=1S/C16H20N2O/c1-10-8-16(19)17-15-7-6-13(9-14(10)15)18-11(2)4-5-12(18)3/h6-9,11-12H,4-5H2,1-3H3,(H,17,19)/t11-,12-/m0/s1. The van der Waals surface area contributed by atoms with E-state index < -0.39 is 0 Å². The molecule has 0 amide bonds. The predicted octanol–water partition coefficient (Wildman–Crippen LogP) is 3.21. The van der Waals surface area contributed by atoms with E-state index in [9.17, 15) is 4.79 Å². The lowest BCUT2D eigenvalue weighted by atomic mass is 10.1. The summed E-state index contributed by atoms with van der Waals surface area (Å²) in [7, 11) is 0. The number of benzene rings is 1. The number of pyridine rings is 1. The summed E-state index contributed by atoms with van der Waals surface area (Å²) in [5, 5.41) is 1.14. The fourth-order valence-corrected chi connectivity index (χ4v) is 3.28. The molecule has 3 rings (SSSR count). The molecule has 1 aromatic heterocycles. The number of H-pyrrole nitrogens is 1. The minimum Gasteiger partial charge on any atom is -0.366 e. The number of aromatic amines is 1. The molecule has 0 radical (unpaired) electrons. The molecule has 1 N–H and O–H groups in total. The molecule has 0 saturated carbocycles. The molecule has 1 aliphatic rings. The van der Waals surface area contributed by atoms with Gasteiger partial charge in [0, 0.05) is 34.7 Å². The van der Waals surface area contributed by atoms with Crippen molar-refractivity contribution in [3.8, 4) is 0 Å². The van der Waals surface area contributed by atoms with Crippen molar-refractivity contribution in [2.75, 3.05) is 4.90 Å². The number of rotatable bonds is 1. The number of nitrogens with zero attached hydrogens (tertiary/aromatic N) is 1. The molecule has 0 aliphatic carbocycles. The summed E-state index contributed by atoms with van der Waals surface area (Å²) in [6.07, 6.45) is 2.51. The van der Waals surface area contributed by atoms with Crippen LogP contribution in [-0.4, -0.2) is 17.1 Å². The van der Waals surface area contributed by atoms with Crippen molar-refractivity contribution in [1.29, 1.82) is 0 Å². The van der Waals surface area contributed by atoms with Crippen LogP contribution < -0.4 is 10.5 Å². The molecule has 1 saturated heterocycles.